The quantitative estimate of drug-likeness (QED) is 0.749. The van der Waals surface area contributed by atoms with Crippen molar-refractivity contribution in [3.63, 3.8) is 0 Å². The third-order valence-electron chi connectivity index (χ3n) is 4.63. The van der Waals surface area contributed by atoms with E-state index in [-0.39, 0.29) is 17.3 Å². The largest absolute Gasteiger partial charge is 0.299 e. The molecule has 3 heteroatoms. The highest BCUT2D eigenvalue weighted by Gasteiger charge is 2.17. The fourth-order valence-electron chi connectivity index (χ4n) is 3.84. The maximum Gasteiger partial charge on any atom is 0.141 e. The predicted octanol–water partition coefficient (Wildman–Crippen LogP) is 2.38. The van der Waals surface area contributed by atoms with Crippen molar-refractivity contribution in [3.8, 4) is 0 Å². The van der Waals surface area contributed by atoms with Crippen molar-refractivity contribution in [2.24, 2.45) is 0 Å². The number of ketones is 3. The Kier molecular flexibility index (Phi) is 3.64. The fraction of sp³-hybridized carbons (Fsp3) is 0.286. The lowest BCUT2D eigenvalue weighted by Crippen LogP contribution is -2.15. The number of rotatable bonds is 0. The minimum absolute atomic E-state index is 0.167. The van der Waals surface area contributed by atoms with Gasteiger partial charge in [0.1, 0.15) is 17.3 Å². The number of benzene rings is 2. The molecule has 0 amide bonds. The Morgan fingerprint density at radius 2 is 0.542 bits per heavy atom. The summed E-state index contributed by atoms with van der Waals surface area (Å²) < 4.78 is 0. The molecule has 2 aromatic rings. The summed E-state index contributed by atoms with van der Waals surface area (Å²) in [6, 6.07) is 11.6. The molecule has 0 heterocycles. The van der Waals surface area contributed by atoms with Crippen LogP contribution >= 0.6 is 0 Å². The highest BCUT2D eigenvalue weighted by atomic mass is 16.1. The molecule has 0 spiro atoms. The average Bonchev–Trinajstić information content (AvgIpc) is 2.43. The van der Waals surface area contributed by atoms with E-state index in [0.717, 1.165) is 33.4 Å². The maximum absolute atomic E-state index is 12.4. The first-order valence-electron chi connectivity index (χ1n) is 8.32. The van der Waals surface area contributed by atoms with Crippen molar-refractivity contribution in [1.82, 2.24) is 0 Å². The van der Waals surface area contributed by atoms with Crippen LogP contribution in [0.4, 0.5) is 0 Å². The molecule has 0 N–H and O–H groups in total. The lowest BCUT2D eigenvalue weighted by Gasteiger charge is -2.15. The van der Waals surface area contributed by atoms with E-state index in [1.165, 1.54) is 0 Å². The standard InChI is InChI=1S/C21H18O3/c22-19-7-13-1-14-3-15(2-13)9-21(24)12-18-5-16(10-19)4-17(6-18)11-20(23)8-14/h1-6H,7-12H2. The lowest BCUT2D eigenvalue weighted by molar-refractivity contribution is -0.118. The topological polar surface area (TPSA) is 51.2 Å². The Morgan fingerprint density at radius 1 is 0.375 bits per heavy atom. The molecule has 0 aromatic heterocycles. The van der Waals surface area contributed by atoms with E-state index >= 15 is 0 Å². The van der Waals surface area contributed by atoms with Gasteiger partial charge in [-0.25, -0.2) is 0 Å². The van der Waals surface area contributed by atoms with Gasteiger partial charge in [-0.1, -0.05) is 36.4 Å². The lowest BCUT2D eigenvalue weighted by atomic mass is 9.89. The Bertz CT molecular complexity index is 670. The third-order valence-corrected chi connectivity index (χ3v) is 4.63. The first-order chi connectivity index (χ1) is 11.5. The summed E-state index contributed by atoms with van der Waals surface area (Å²) in [6.45, 7) is 0. The molecule has 0 radical (unpaired) electrons. The second-order valence-electron chi connectivity index (χ2n) is 6.99. The summed E-state index contributed by atoms with van der Waals surface area (Å²) in [5.41, 5.74) is 5.45. The van der Waals surface area contributed by atoms with Gasteiger partial charge in [-0.2, -0.15) is 0 Å². The van der Waals surface area contributed by atoms with Crippen LogP contribution in [0, 0.1) is 0 Å². The fourth-order valence-corrected chi connectivity index (χ4v) is 3.84. The van der Waals surface area contributed by atoms with Gasteiger partial charge in [0, 0.05) is 38.5 Å². The molecule has 3 aliphatic rings. The van der Waals surface area contributed by atoms with Gasteiger partial charge in [0.2, 0.25) is 0 Å². The Labute approximate surface area is 140 Å². The molecule has 2 aromatic carbocycles. The van der Waals surface area contributed by atoms with Gasteiger partial charge in [0.05, 0.1) is 0 Å². The minimum Gasteiger partial charge on any atom is -0.299 e. The van der Waals surface area contributed by atoms with Gasteiger partial charge in [-0.3, -0.25) is 14.4 Å². The summed E-state index contributed by atoms with van der Waals surface area (Å²) in [5, 5.41) is 0. The first kappa shape index (κ1) is 15.0. The maximum atomic E-state index is 12.4. The van der Waals surface area contributed by atoms with E-state index < -0.39 is 0 Å². The highest BCUT2D eigenvalue weighted by molar-refractivity contribution is 5.87. The Balaban J connectivity index is 1.92. The molecular weight excluding hydrogens is 300 g/mol. The second-order valence-corrected chi connectivity index (χ2v) is 6.99. The summed E-state index contributed by atoms with van der Waals surface area (Å²) >= 11 is 0. The van der Waals surface area contributed by atoms with Gasteiger partial charge >= 0.3 is 0 Å². The summed E-state index contributed by atoms with van der Waals surface area (Å²) in [7, 11) is 0. The third kappa shape index (κ3) is 3.21. The molecule has 0 aliphatic heterocycles. The number of carbonyl (C=O) groups is 3. The Morgan fingerprint density at radius 3 is 0.708 bits per heavy atom. The molecule has 0 atom stereocenters. The van der Waals surface area contributed by atoms with E-state index in [0.29, 0.717) is 38.5 Å². The van der Waals surface area contributed by atoms with Crippen LogP contribution in [-0.2, 0) is 52.9 Å². The van der Waals surface area contributed by atoms with Crippen LogP contribution in [-0.4, -0.2) is 17.3 Å². The summed E-state index contributed by atoms with van der Waals surface area (Å²) in [4.78, 5) is 37.3. The van der Waals surface area contributed by atoms with Crippen molar-refractivity contribution in [2.75, 3.05) is 0 Å². The number of Topliss-reactive ketones (excluding diaryl/α,β-unsaturated/α-hetero) is 3. The molecule has 0 fully saturated rings. The minimum atomic E-state index is 0.167. The van der Waals surface area contributed by atoms with Crippen molar-refractivity contribution in [1.29, 1.82) is 0 Å². The molecule has 5 rings (SSSR count). The van der Waals surface area contributed by atoms with E-state index in [2.05, 4.69) is 0 Å². The van der Waals surface area contributed by atoms with Crippen molar-refractivity contribution in [2.45, 2.75) is 38.5 Å². The van der Waals surface area contributed by atoms with Crippen LogP contribution < -0.4 is 0 Å². The molecule has 120 valence electrons. The SMILES string of the molecule is O=C1Cc2cc3cc(c2)CC(=O)Cc2cc(cc(c2)CC(=O)C3)C1. The smallest absolute Gasteiger partial charge is 0.141 e. The normalized spacial score (nSPS) is 17.2. The predicted molar refractivity (Wildman–Crippen MR) is 90.1 cm³/mol. The van der Waals surface area contributed by atoms with Gasteiger partial charge in [-0.05, 0) is 33.4 Å². The van der Waals surface area contributed by atoms with Crippen LogP contribution in [0.2, 0.25) is 0 Å². The molecule has 0 unspecified atom stereocenters. The Hall–Kier alpha value is -2.55. The van der Waals surface area contributed by atoms with Gasteiger partial charge in [-0.15, -0.1) is 0 Å². The van der Waals surface area contributed by atoms with Crippen LogP contribution in [0.1, 0.15) is 33.4 Å². The van der Waals surface area contributed by atoms with Crippen LogP contribution in [0.15, 0.2) is 36.4 Å². The number of carbonyl (C=O) groups excluding carboxylic acids is 3. The van der Waals surface area contributed by atoms with E-state index in [1.807, 2.05) is 36.4 Å². The molecule has 0 saturated carbocycles. The van der Waals surface area contributed by atoms with E-state index in [9.17, 15) is 14.4 Å². The monoisotopic (exact) mass is 318 g/mol. The zero-order valence-electron chi connectivity index (χ0n) is 13.4. The van der Waals surface area contributed by atoms with Crippen molar-refractivity contribution in [3.05, 3.63) is 69.8 Å². The van der Waals surface area contributed by atoms with Crippen molar-refractivity contribution >= 4 is 17.3 Å². The second kappa shape index (κ2) is 5.82. The average molecular weight is 318 g/mol. The van der Waals surface area contributed by atoms with Gasteiger partial charge in [0.15, 0.2) is 0 Å². The number of hydrogen-bond acceptors (Lipinski definition) is 3. The highest BCUT2D eigenvalue weighted by Crippen LogP contribution is 2.21. The molecular formula is C21H18O3. The zero-order chi connectivity index (χ0) is 16.7. The number of fused-ring (bicyclic) bond motifs is 6. The molecule has 24 heavy (non-hydrogen) atoms. The van der Waals surface area contributed by atoms with E-state index in [1.54, 1.807) is 0 Å². The van der Waals surface area contributed by atoms with E-state index in [4.69, 9.17) is 0 Å². The van der Waals surface area contributed by atoms with Crippen molar-refractivity contribution < 1.29 is 14.4 Å². The first-order valence-corrected chi connectivity index (χ1v) is 8.32. The van der Waals surface area contributed by atoms with Gasteiger partial charge in [0.25, 0.3) is 0 Å². The van der Waals surface area contributed by atoms with Crippen LogP contribution in [0.25, 0.3) is 0 Å². The summed E-state index contributed by atoms with van der Waals surface area (Å²) in [5.74, 6) is 0.500. The molecule has 3 nitrogen and oxygen atoms in total. The van der Waals surface area contributed by atoms with Crippen LogP contribution in [0.3, 0.4) is 0 Å². The van der Waals surface area contributed by atoms with Crippen LogP contribution in [0.5, 0.6) is 0 Å². The molecule has 6 bridgehead atoms. The molecule has 0 saturated heterocycles. The molecule has 3 aliphatic carbocycles. The zero-order valence-corrected chi connectivity index (χ0v) is 13.4. The number of hydrogen-bond donors (Lipinski definition) is 0. The van der Waals surface area contributed by atoms with Gasteiger partial charge < -0.3 is 0 Å². The summed E-state index contributed by atoms with van der Waals surface area (Å²) in [6.07, 6.45) is 2.10.